The van der Waals surface area contributed by atoms with Gasteiger partial charge in [0.05, 0.1) is 4.88 Å². The van der Waals surface area contributed by atoms with E-state index in [9.17, 15) is 4.79 Å². The summed E-state index contributed by atoms with van der Waals surface area (Å²) in [5, 5.41) is 1.98. The third-order valence-electron chi connectivity index (χ3n) is 2.99. The molecule has 0 N–H and O–H groups in total. The smallest absolute Gasteiger partial charge is 0.173 e. The molecular formula is C12H16OS. The van der Waals surface area contributed by atoms with Crippen LogP contribution in [0.4, 0.5) is 0 Å². The van der Waals surface area contributed by atoms with Crippen LogP contribution in [0.3, 0.4) is 0 Å². The van der Waals surface area contributed by atoms with E-state index in [1.807, 2.05) is 17.5 Å². The number of hydrogen-bond acceptors (Lipinski definition) is 2. The number of ketones is 1. The van der Waals surface area contributed by atoms with Crippen molar-refractivity contribution in [2.45, 2.75) is 38.5 Å². The maximum Gasteiger partial charge on any atom is 0.173 e. The minimum Gasteiger partial charge on any atom is -0.293 e. The van der Waals surface area contributed by atoms with Crippen molar-refractivity contribution in [3.8, 4) is 0 Å². The van der Waals surface area contributed by atoms with Gasteiger partial charge in [0, 0.05) is 6.42 Å². The van der Waals surface area contributed by atoms with Gasteiger partial charge in [-0.15, -0.1) is 11.3 Å². The molecular weight excluding hydrogens is 192 g/mol. The molecule has 0 aliphatic heterocycles. The van der Waals surface area contributed by atoms with Crippen LogP contribution in [0, 0.1) is 5.92 Å². The monoisotopic (exact) mass is 208 g/mol. The fourth-order valence-electron chi connectivity index (χ4n) is 2.19. The molecule has 2 rings (SSSR count). The third-order valence-corrected chi connectivity index (χ3v) is 3.91. The van der Waals surface area contributed by atoms with Crippen LogP contribution in [0.5, 0.6) is 0 Å². The van der Waals surface area contributed by atoms with Gasteiger partial charge in [0.2, 0.25) is 0 Å². The van der Waals surface area contributed by atoms with Crippen LogP contribution >= 0.6 is 11.3 Å². The summed E-state index contributed by atoms with van der Waals surface area (Å²) in [6, 6.07) is 3.90. The van der Waals surface area contributed by atoms with E-state index in [1.165, 1.54) is 32.1 Å². The molecule has 1 aromatic heterocycles. The third kappa shape index (κ3) is 2.44. The maximum atomic E-state index is 11.8. The first kappa shape index (κ1) is 9.91. The fourth-order valence-corrected chi connectivity index (χ4v) is 2.87. The molecule has 1 aromatic rings. The van der Waals surface area contributed by atoms with Crippen molar-refractivity contribution >= 4 is 17.1 Å². The quantitative estimate of drug-likeness (QED) is 0.688. The average Bonchev–Trinajstić information content (AvgIpc) is 2.72. The molecule has 1 aliphatic carbocycles. The number of carbonyl (C=O) groups excluding carboxylic acids is 1. The number of thiophene rings is 1. The van der Waals surface area contributed by atoms with Gasteiger partial charge in [0.15, 0.2) is 5.78 Å². The second kappa shape index (κ2) is 4.74. The molecule has 0 unspecified atom stereocenters. The van der Waals surface area contributed by atoms with Crippen molar-refractivity contribution in [2.24, 2.45) is 5.92 Å². The summed E-state index contributed by atoms with van der Waals surface area (Å²) in [7, 11) is 0. The van der Waals surface area contributed by atoms with Crippen molar-refractivity contribution in [3.05, 3.63) is 22.4 Å². The highest BCUT2D eigenvalue weighted by Gasteiger charge is 2.18. The molecule has 0 radical (unpaired) electrons. The molecule has 1 saturated carbocycles. The number of carbonyl (C=O) groups is 1. The zero-order valence-corrected chi connectivity index (χ0v) is 9.19. The predicted octanol–water partition coefficient (Wildman–Crippen LogP) is 3.90. The van der Waals surface area contributed by atoms with Crippen LogP contribution in [0.2, 0.25) is 0 Å². The summed E-state index contributed by atoms with van der Waals surface area (Å²) in [6.07, 6.45) is 7.31. The van der Waals surface area contributed by atoms with Gasteiger partial charge >= 0.3 is 0 Å². The van der Waals surface area contributed by atoms with E-state index < -0.39 is 0 Å². The zero-order chi connectivity index (χ0) is 9.80. The minimum absolute atomic E-state index is 0.354. The van der Waals surface area contributed by atoms with E-state index >= 15 is 0 Å². The molecule has 0 spiro atoms. The van der Waals surface area contributed by atoms with Crippen molar-refractivity contribution in [1.29, 1.82) is 0 Å². The van der Waals surface area contributed by atoms with Gasteiger partial charge < -0.3 is 0 Å². The summed E-state index contributed by atoms with van der Waals surface area (Å²) in [5.41, 5.74) is 0. The van der Waals surface area contributed by atoms with Crippen LogP contribution in [-0.2, 0) is 0 Å². The summed E-state index contributed by atoms with van der Waals surface area (Å²) < 4.78 is 0. The van der Waals surface area contributed by atoms with Gasteiger partial charge in [-0.25, -0.2) is 0 Å². The minimum atomic E-state index is 0.354. The molecule has 0 amide bonds. The van der Waals surface area contributed by atoms with Crippen molar-refractivity contribution in [1.82, 2.24) is 0 Å². The molecule has 1 nitrogen and oxygen atoms in total. The number of rotatable bonds is 3. The van der Waals surface area contributed by atoms with Crippen molar-refractivity contribution in [3.63, 3.8) is 0 Å². The van der Waals surface area contributed by atoms with Gasteiger partial charge in [-0.2, -0.15) is 0 Å². The molecule has 0 saturated heterocycles. The summed E-state index contributed by atoms with van der Waals surface area (Å²) >= 11 is 1.57. The largest absolute Gasteiger partial charge is 0.293 e. The van der Waals surface area contributed by atoms with E-state index in [1.54, 1.807) is 11.3 Å². The van der Waals surface area contributed by atoms with Gasteiger partial charge in [-0.05, 0) is 17.4 Å². The van der Waals surface area contributed by atoms with Crippen LogP contribution < -0.4 is 0 Å². The Balaban J connectivity index is 1.87. The van der Waals surface area contributed by atoms with Gasteiger partial charge in [0.25, 0.3) is 0 Å². The first-order chi connectivity index (χ1) is 6.86. The molecule has 0 bridgehead atoms. The Kier molecular flexibility index (Phi) is 3.35. The van der Waals surface area contributed by atoms with E-state index in [0.717, 1.165) is 11.3 Å². The van der Waals surface area contributed by atoms with Crippen LogP contribution in [0.15, 0.2) is 17.5 Å². The summed E-state index contributed by atoms with van der Waals surface area (Å²) in [6.45, 7) is 0. The van der Waals surface area contributed by atoms with E-state index in [2.05, 4.69) is 0 Å². The van der Waals surface area contributed by atoms with Crippen LogP contribution in [-0.4, -0.2) is 5.78 Å². The van der Waals surface area contributed by atoms with Gasteiger partial charge in [0.1, 0.15) is 0 Å². The normalized spacial score (nSPS) is 18.3. The zero-order valence-electron chi connectivity index (χ0n) is 8.37. The highest BCUT2D eigenvalue weighted by atomic mass is 32.1. The Morgan fingerprint density at radius 2 is 2.14 bits per heavy atom. The van der Waals surface area contributed by atoms with E-state index in [-0.39, 0.29) is 0 Å². The topological polar surface area (TPSA) is 17.1 Å². The Bertz CT molecular complexity index is 283. The van der Waals surface area contributed by atoms with E-state index in [4.69, 9.17) is 0 Å². The SMILES string of the molecule is O=C(CC1CCCCC1)c1cccs1. The summed E-state index contributed by atoms with van der Waals surface area (Å²) in [5.74, 6) is 1.02. The molecule has 1 aliphatic rings. The lowest BCUT2D eigenvalue weighted by Gasteiger charge is -2.20. The Morgan fingerprint density at radius 3 is 2.79 bits per heavy atom. The lowest BCUT2D eigenvalue weighted by molar-refractivity contribution is 0.0954. The van der Waals surface area contributed by atoms with E-state index in [0.29, 0.717) is 11.7 Å². The molecule has 14 heavy (non-hydrogen) atoms. The Hall–Kier alpha value is -0.630. The number of hydrogen-bond donors (Lipinski definition) is 0. The summed E-state index contributed by atoms with van der Waals surface area (Å²) in [4.78, 5) is 12.7. The second-order valence-electron chi connectivity index (χ2n) is 4.11. The molecule has 2 heteroatoms. The number of Topliss-reactive ketones (excluding diaryl/α,β-unsaturated/α-hetero) is 1. The second-order valence-corrected chi connectivity index (χ2v) is 5.06. The highest BCUT2D eigenvalue weighted by molar-refractivity contribution is 7.12. The first-order valence-electron chi connectivity index (χ1n) is 5.43. The lowest BCUT2D eigenvalue weighted by atomic mass is 9.85. The molecule has 1 heterocycles. The van der Waals surface area contributed by atoms with Crippen molar-refractivity contribution < 1.29 is 4.79 Å². The standard InChI is InChI=1S/C12H16OS/c13-11(12-7-4-8-14-12)9-10-5-2-1-3-6-10/h4,7-8,10H,1-3,5-6,9H2. The predicted molar refractivity (Wildman–Crippen MR) is 59.8 cm³/mol. The maximum absolute atomic E-state index is 11.8. The molecule has 0 atom stereocenters. The molecule has 76 valence electrons. The highest BCUT2D eigenvalue weighted by Crippen LogP contribution is 2.28. The first-order valence-corrected chi connectivity index (χ1v) is 6.31. The molecule has 0 aromatic carbocycles. The van der Waals surface area contributed by atoms with Crippen LogP contribution in [0.25, 0.3) is 0 Å². The Morgan fingerprint density at radius 1 is 1.36 bits per heavy atom. The van der Waals surface area contributed by atoms with Crippen LogP contribution in [0.1, 0.15) is 48.2 Å². The lowest BCUT2D eigenvalue weighted by Crippen LogP contribution is -2.11. The fraction of sp³-hybridized carbons (Fsp3) is 0.583. The average molecular weight is 208 g/mol. The molecule has 1 fully saturated rings. The van der Waals surface area contributed by atoms with Gasteiger partial charge in [-0.3, -0.25) is 4.79 Å². The Labute approximate surface area is 89.1 Å². The van der Waals surface area contributed by atoms with Gasteiger partial charge in [-0.1, -0.05) is 38.2 Å². The van der Waals surface area contributed by atoms with Crippen molar-refractivity contribution in [2.75, 3.05) is 0 Å².